The van der Waals surface area contributed by atoms with E-state index in [0.29, 0.717) is 24.5 Å². The predicted molar refractivity (Wildman–Crippen MR) is 108 cm³/mol. The minimum Gasteiger partial charge on any atom is -0.335 e. The number of benzene rings is 1. The van der Waals surface area contributed by atoms with Crippen LogP contribution in [0.1, 0.15) is 54.2 Å². The zero-order chi connectivity index (χ0) is 20.4. The van der Waals surface area contributed by atoms with Crippen molar-refractivity contribution in [2.45, 2.75) is 46.1 Å². The first-order chi connectivity index (χ1) is 14.1. The second kappa shape index (κ2) is 8.11. The topological polar surface area (TPSA) is 63.9 Å². The lowest BCUT2D eigenvalue weighted by atomic mass is 10.0. The van der Waals surface area contributed by atoms with Crippen LogP contribution >= 0.6 is 0 Å². The Morgan fingerprint density at radius 2 is 1.90 bits per heavy atom. The zero-order valence-corrected chi connectivity index (χ0v) is 16.7. The van der Waals surface area contributed by atoms with E-state index in [4.69, 9.17) is 0 Å². The molecule has 2 aromatic heterocycles. The molecule has 0 N–H and O–H groups in total. The van der Waals surface area contributed by atoms with Crippen LogP contribution in [0.25, 0.3) is 16.9 Å². The van der Waals surface area contributed by atoms with Crippen molar-refractivity contribution >= 4 is 5.91 Å². The molecule has 0 saturated heterocycles. The molecule has 0 bridgehead atoms. The number of halogens is 1. The van der Waals surface area contributed by atoms with Crippen LogP contribution in [0.3, 0.4) is 0 Å². The van der Waals surface area contributed by atoms with Gasteiger partial charge in [0, 0.05) is 30.4 Å². The molecule has 29 heavy (non-hydrogen) atoms. The number of aromatic nitrogens is 4. The molecule has 1 aliphatic carbocycles. The van der Waals surface area contributed by atoms with Crippen molar-refractivity contribution in [3.8, 4) is 16.9 Å². The largest absolute Gasteiger partial charge is 0.335 e. The Morgan fingerprint density at radius 1 is 1.14 bits per heavy atom. The third-order valence-corrected chi connectivity index (χ3v) is 5.50. The first kappa shape index (κ1) is 19.2. The number of carbonyl (C=O) groups excluding carboxylic acids is 1. The number of hydrogen-bond donors (Lipinski definition) is 0. The van der Waals surface area contributed by atoms with Gasteiger partial charge in [-0.2, -0.15) is 4.39 Å². The highest BCUT2D eigenvalue weighted by molar-refractivity contribution is 5.98. The summed E-state index contributed by atoms with van der Waals surface area (Å²) in [7, 11) is 0. The van der Waals surface area contributed by atoms with Gasteiger partial charge in [0.15, 0.2) is 0 Å². The molecular weight excluding hydrogens is 369 g/mol. The van der Waals surface area contributed by atoms with Crippen molar-refractivity contribution in [2.24, 2.45) is 0 Å². The van der Waals surface area contributed by atoms with E-state index in [1.807, 2.05) is 32.0 Å². The molecule has 0 atom stereocenters. The molecule has 3 aromatic rings. The van der Waals surface area contributed by atoms with Crippen LogP contribution in [0.2, 0.25) is 0 Å². The van der Waals surface area contributed by atoms with E-state index in [1.54, 1.807) is 17.0 Å². The Hall–Kier alpha value is -3.09. The Kier molecular flexibility index (Phi) is 5.38. The minimum atomic E-state index is -0.597. The van der Waals surface area contributed by atoms with Gasteiger partial charge in [-0.05, 0) is 43.7 Å². The Balaban J connectivity index is 0.000000458. The average Bonchev–Trinajstić information content (AvgIpc) is 3.20. The van der Waals surface area contributed by atoms with Gasteiger partial charge in [0.2, 0.25) is 5.95 Å². The summed E-state index contributed by atoms with van der Waals surface area (Å²) in [5.74, 6) is -0.540. The van der Waals surface area contributed by atoms with Crippen LogP contribution in [0.15, 0.2) is 36.5 Å². The van der Waals surface area contributed by atoms with Crippen LogP contribution in [-0.2, 0) is 6.54 Å². The average molecular weight is 393 g/mol. The van der Waals surface area contributed by atoms with Gasteiger partial charge in [0.25, 0.3) is 5.91 Å². The van der Waals surface area contributed by atoms with Gasteiger partial charge in [-0.15, -0.1) is 5.10 Å². The van der Waals surface area contributed by atoms with Crippen LogP contribution < -0.4 is 0 Å². The van der Waals surface area contributed by atoms with Gasteiger partial charge in [-0.1, -0.05) is 37.0 Å². The van der Waals surface area contributed by atoms with E-state index in [1.165, 1.54) is 36.6 Å². The third kappa shape index (κ3) is 3.64. The van der Waals surface area contributed by atoms with Crippen LogP contribution in [0.5, 0.6) is 0 Å². The summed E-state index contributed by atoms with van der Waals surface area (Å²) in [5, 5.41) is 8.28. The van der Waals surface area contributed by atoms with Gasteiger partial charge in [0.05, 0.1) is 5.69 Å². The molecule has 0 unspecified atom stereocenters. The third-order valence-electron chi connectivity index (χ3n) is 5.50. The summed E-state index contributed by atoms with van der Waals surface area (Å²) in [4.78, 5) is 17.7. The maximum atomic E-state index is 13.9. The van der Waals surface area contributed by atoms with Gasteiger partial charge in [-0.3, -0.25) is 4.79 Å². The lowest BCUT2D eigenvalue weighted by molar-refractivity contribution is 0.0787. The van der Waals surface area contributed by atoms with Gasteiger partial charge >= 0.3 is 0 Å². The fourth-order valence-electron chi connectivity index (χ4n) is 3.39. The van der Waals surface area contributed by atoms with E-state index < -0.39 is 5.95 Å². The zero-order valence-electron chi connectivity index (χ0n) is 16.7. The van der Waals surface area contributed by atoms with Gasteiger partial charge in [0.1, 0.15) is 11.4 Å². The van der Waals surface area contributed by atoms with Crippen LogP contribution in [-0.4, -0.2) is 37.3 Å². The molecule has 1 saturated carbocycles. The molecule has 1 amide bonds. The summed E-state index contributed by atoms with van der Waals surface area (Å²) in [6, 6.07) is 8.90. The lowest BCUT2D eigenvalue weighted by Crippen LogP contribution is -2.22. The van der Waals surface area contributed by atoms with Crippen molar-refractivity contribution in [1.82, 2.24) is 24.9 Å². The number of fused-ring (bicyclic) bond motifs is 1. The van der Waals surface area contributed by atoms with E-state index in [9.17, 15) is 9.18 Å². The smallest absolute Gasteiger partial charge is 0.254 e. The molecule has 6 nitrogen and oxygen atoms in total. The summed E-state index contributed by atoms with van der Waals surface area (Å²) in [5.41, 5.74) is 4.20. The molecule has 0 radical (unpaired) electrons. The van der Waals surface area contributed by atoms with Gasteiger partial charge < -0.3 is 4.90 Å². The molecule has 5 rings (SSSR count). The highest BCUT2D eigenvalue weighted by atomic mass is 19.1. The van der Waals surface area contributed by atoms with E-state index in [2.05, 4.69) is 15.3 Å². The molecule has 3 heterocycles. The predicted octanol–water partition coefficient (Wildman–Crippen LogP) is 4.31. The standard InChI is InChI=1S/C18H16FN5O.C4H8/c1-3-23-10-13-9-12(6-7-14(13)18(23)25)16-11(2)24(22-21-16)15-5-4-8-20-17(15)19;1-2-4-3-1/h4-9H,3,10H2,1-2H3;1-4H2. The number of pyridine rings is 1. The molecule has 7 heteroatoms. The number of amides is 1. The van der Waals surface area contributed by atoms with Crippen LogP contribution in [0.4, 0.5) is 4.39 Å². The Morgan fingerprint density at radius 3 is 2.55 bits per heavy atom. The molecule has 1 aromatic carbocycles. The Bertz CT molecular complexity index is 1040. The number of rotatable bonds is 3. The normalized spacial score (nSPS) is 14.9. The molecule has 1 fully saturated rings. The van der Waals surface area contributed by atoms with Crippen molar-refractivity contribution in [3.05, 3.63) is 59.3 Å². The fraction of sp³-hybridized carbons (Fsp3) is 0.364. The minimum absolute atomic E-state index is 0.0573. The number of hydrogen-bond acceptors (Lipinski definition) is 4. The maximum absolute atomic E-state index is 13.9. The molecule has 150 valence electrons. The second-order valence-electron chi connectivity index (χ2n) is 7.35. The van der Waals surface area contributed by atoms with Crippen molar-refractivity contribution in [2.75, 3.05) is 6.54 Å². The van der Waals surface area contributed by atoms with Crippen LogP contribution in [0, 0.1) is 12.9 Å². The van der Waals surface area contributed by atoms with Gasteiger partial charge in [-0.25, -0.2) is 9.67 Å². The second-order valence-corrected chi connectivity index (χ2v) is 7.35. The van der Waals surface area contributed by atoms with Crippen molar-refractivity contribution in [1.29, 1.82) is 0 Å². The summed E-state index contributed by atoms with van der Waals surface area (Å²) < 4.78 is 15.4. The SMILES string of the molecule is C1CCC1.CCN1Cc2cc(-c3nnn(-c4cccnc4F)c3C)ccc2C1=O. The first-order valence-electron chi connectivity index (χ1n) is 10.1. The summed E-state index contributed by atoms with van der Waals surface area (Å²) in [6.07, 6.45) is 7.39. The molecule has 2 aliphatic rings. The first-order valence-corrected chi connectivity index (χ1v) is 10.1. The Labute approximate surface area is 169 Å². The number of nitrogens with zero attached hydrogens (tertiary/aromatic N) is 5. The summed E-state index contributed by atoms with van der Waals surface area (Å²) >= 11 is 0. The maximum Gasteiger partial charge on any atom is 0.254 e. The quantitative estimate of drug-likeness (QED) is 0.622. The van der Waals surface area contributed by atoms with E-state index in [0.717, 1.165) is 16.7 Å². The lowest BCUT2D eigenvalue weighted by Gasteiger charge is -2.10. The highest BCUT2D eigenvalue weighted by Gasteiger charge is 2.27. The monoisotopic (exact) mass is 393 g/mol. The molecular formula is C22H24FN5O. The molecule has 1 aliphatic heterocycles. The summed E-state index contributed by atoms with van der Waals surface area (Å²) in [6.45, 7) is 5.07. The van der Waals surface area contributed by atoms with Crippen molar-refractivity contribution < 1.29 is 9.18 Å². The fourth-order valence-corrected chi connectivity index (χ4v) is 3.39. The molecule has 0 spiro atoms. The number of carbonyl (C=O) groups is 1. The highest BCUT2D eigenvalue weighted by Crippen LogP contribution is 2.29. The van der Waals surface area contributed by atoms with E-state index >= 15 is 0 Å². The van der Waals surface area contributed by atoms with E-state index in [-0.39, 0.29) is 11.6 Å². The van der Waals surface area contributed by atoms with Crippen molar-refractivity contribution in [3.63, 3.8) is 0 Å².